The molecule has 0 aliphatic rings. The Labute approximate surface area is 198 Å². The van der Waals surface area contributed by atoms with Crippen LogP contribution in [-0.4, -0.2) is 38.5 Å². The molecule has 9 nitrogen and oxygen atoms in total. The van der Waals surface area contributed by atoms with Gasteiger partial charge in [0.15, 0.2) is 5.82 Å². The van der Waals surface area contributed by atoms with Gasteiger partial charge in [0.05, 0.1) is 24.1 Å². The van der Waals surface area contributed by atoms with Crippen LogP contribution in [0.25, 0.3) is 10.1 Å². The van der Waals surface area contributed by atoms with Crippen molar-refractivity contribution >= 4 is 60.5 Å². The Morgan fingerprint density at radius 2 is 1.76 bits per heavy atom. The second kappa shape index (κ2) is 9.22. The molecule has 0 atom stereocenters. The molecule has 0 bridgehead atoms. The first-order valence-electron chi connectivity index (χ1n) is 9.39. The van der Waals surface area contributed by atoms with Crippen LogP contribution in [0.1, 0.15) is 9.67 Å². The van der Waals surface area contributed by atoms with E-state index in [0.717, 1.165) is 10.1 Å². The van der Waals surface area contributed by atoms with E-state index in [9.17, 15) is 13.2 Å². The summed E-state index contributed by atoms with van der Waals surface area (Å²) in [5, 5.41) is 3.92. The predicted molar refractivity (Wildman–Crippen MR) is 127 cm³/mol. The summed E-state index contributed by atoms with van der Waals surface area (Å²) in [4.78, 5) is 20.9. The number of fused-ring (bicyclic) bond motifs is 1. The van der Waals surface area contributed by atoms with Gasteiger partial charge in [-0.15, -0.1) is 11.3 Å². The third kappa shape index (κ3) is 4.85. The molecule has 2 aromatic carbocycles. The number of sulfonamides is 1. The number of nitrogens with one attached hydrogen (secondary N) is 2. The van der Waals surface area contributed by atoms with E-state index in [2.05, 4.69) is 20.0 Å². The van der Waals surface area contributed by atoms with Crippen LogP contribution in [0, 0.1) is 0 Å². The standard InChI is InChI=1S/C21H17ClN4O5S2/c1-30-17-11-16(24-21(25-17)31-2)26-33(28,29)13-9-7-12(8-10-13)23-20(27)19-18(22)14-5-3-4-6-15(14)32-19/h3-11H,1-2H3,(H,23,27)(H,24,25,26). The summed E-state index contributed by atoms with van der Waals surface area (Å²) in [6, 6.07) is 14.4. The van der Waals surface area contributed by atoms with Crippen LogP contribution >= 0.6 is 22.9 Å². The summed E-state index contributed by atoms with van der Waals surface area (Å²) in [5.41, 5.74) is 0.415. The molecule has 4 aromatic rings. The molecule has 33 heavy (non-hydrogen) atoms. The van der Waals surface area contributed by atoms with Crippen LogP contribution < -0.4 is 19.5 Å². The lowest BCUT2D eigenvalue weighted by molar-refractivity contribution is 0.103. The zero-order chi connectivity index (χ0) is 23.6. The van der Waals surface area contributed by atoms with Gasteiger partial charge in [-0.1, -0.05) is 29.8 Å². The average Bonchev–Trinajstić information content (AvgIpc) is 3.15. The van der Waals surface area contributed by atoms with Crippen molar-refractivity contribution < 1.29 is 22.7 Å². The summed E-state index contributed by atoms with van der Waals surface area (Å²) in [6.45, 7) is 0. The second-order valence-corrected chi connectivity index (χ2v) is 9.72. The van der Waals surface area contributed by atoms with E-state index in [4.69, 9.17) is 21.1 Å². The zero-order valence-electron chi connectivity index (χ0n) is 17.3. The van der Waals surface area contributed by atoms with Crippen molar-refractivity contribution in [2.75, 3.05) is 24.3 Å². The average molecular weight is 505 g/mol. The van der Waals surface area contributed by atoms with Crippen LogP contribution in [0.3, 0.4) is 0 Å². The van der Waals surface area contributed by atoms with Gasteiger partial charge in [-0.25, -0.2) is 8.42 Å². The number of anilines is 2. The molecular weight excluding hydrogens is 488 g/mol. The van der Waals surface area contributed by atoms with Gasteiger partial charge in [-0.05, 0) is 30.3 Å². The normalized spacial score (nSPS) is 11.2. The minimum Gasteiger partial charge on any atom is -0.481 e. The third-order valence-electron chi connectivity index (χ3n) is 4.48. The number of aromatic nitrogens is 2. The quantitative estimate of drug-likeness (QED) is 0.382. The van der Waals surface area contributed by atoms with Gasteiger partial charge in [0.2, 0.25) is 5.88 Å². The lowest BCUT2D eigenvalue weighted by Gasteiger charge is -2.10. The number of carbonyl (C=O) groups excluding carboxylic acids is 1. The maximum atomic E-state index is 12.7. The minimum atomic E-state index is -3.97. The SMILES string of the molecule is COc1cc(NS(=O)(=O)c2ccc(NC(=O)c3sc4ccccc4c3Cl)cc2)nc(OC)n1. The number of hydrogen-bond donors (Lipinski definition) is 2. The van der Waals surface area contributed by atoms with Crippen LogP contribution in [0.4, 0.5) is 11.5 Å². The molecule has 170 valence electrons. The maximum absolute atomic E-state index is 12.7. The molecule has 0 radical (unpaired) electrons. The number of benzene rings is 2. The molecule has 0 fully saturated rings. The summed E-state index contributed by atoms with van der Waals surface area (Å²) in [7, 11) is -1.23. The van der Waals surface area contributed by atoms with Crippen molar-refractivity contribution in [1.82, 2.24) is 9.97 Å². The smallest absolute Gasteiger partial charge is 0.321 e. The van der Waals surface area contributed by atoms with Gasteiger partial charge in [-0.2, -0.15) is 9.97 Å². The summed E-state index contributed by atoms with van der Waals surface area (Å²) < 4.78 is 38.7. The number of nitrogens with zero attached hydrogens (tertiary/aromatic N) is 2. The number of ether oxygens (including phenoxy) is 2. The Hall–Kier alpha value is -3.41. The van der Waals surface area contributed by atoms with Crippen molar-refractivity contribution in [3.05, 3.63) is 64.5 Å². The van der Waals surface area contributed by atoms with Crippen LogP contribution in [0.5, 0.6) is 11.9 Å². The number of hydrogen-bond acceptors (Lipinski definition) is 8. The highest BCUT2D eigenvalue weighted by molar-refractivity contribution is 7.92. The van der Waals surface area contributed by atoms with Gasteiger partial charge in [0.1, 0.15) is 4.88 Å². The number of halogens is 1. The van der Waals surface area contributed by atoms with Gasteiger partial charge >= 0.3 is 6.01 Å². The topological polar surface area (TPSA) is 120 Å². The fraction of sp³-hybridized carbons (Fsp3) is 0.0952. The largest absolute Gasteiger partial charge is 0.481 e. The van der Waals surface area contributed by atoms with E-state index in [-0.39, 0.29) is 28.5 Å². The first kappa shape index (κ1) is 22.8. The van der Waals surface area contributed by atoms with Crippen molar-refractivity contribution in [2.24, 2.45) is 0 Å². The molecule has 2 aromatic heterocycles. The van der Waals surface area contributed by atoms with E-state index >= 15 is 0 Å². The monoisotopic (exact) mass is 504 g/mol. The Bertz CT molecular complexity index is 1420. The Balaban J connectivity index is 1.51. The van der Waals surface area contributed by atoms with E-state index in [1.54, 1.807) is 0 Å². The molecule has 0 saturated carbocycles. The Kier molecular flexibility index (Phi) is 6.36. The van der Waals surface area contributed by atoms with E-state index in [0.29, 0.717) is 15.6 Å². The van der Waals surface area contributed by atoms with E-state index < -0.39 is 10.0 Å². The predicted octanol–water partition coefficient (Wildman–Crippen LogP) is 4.42. The van der Waals surface area contributed by atoms with Crippen molar-refractivity contribution in [3.63, 3.8) is 0 Å². The fourth-order valence-corrected chi connectivity index (χ4v) is 5.32. The lowest BCUT2D eigenvalue weighted by atomic mass is 10.2. The van der Waals surface area contributed by atoms with E-state index in [1.165, 1.54) is 55.9 Å². The Morgan fingerprint density at radius 1 is 1.03 bits per heavy atom. The molecule has 12 heteroatoms. The molecule has 0 spiro atoms. The molecule has 4 rings (SSSR count). The molecule has 0 aliphatic carbocycles. The first-order chi connectivity index (χ1) is 15.8. The van der Waals surface area contributed by atoms with Crippen LogP contribution in [0.2, 0.25) is 5.02 Å². The van der Waals surface area contributed by atoms with Crippen molar-refractivity contribution in [3.8, 4) is 11.9 Å². The number of thiophene rings is 1. The lowest BCUT2D eigenvalue weighted by Crippen LogP contribution is -2.15. The highest BCUT2D eigenvalue weighted by Crippen LogP contribution is 2.35. The number of methoxy groups -OCH3 is 2. The van der Waals surface area contributed by atoms with Gasteiger partial charge < -0.3 is 14.8 Å². The molecule has 2 N–H and O–H groups in total. The van der Waals surface area contributed by atoms with Crippen LogP contribution in [0.15, 0.2) is 59.5 Å². The third-order valence-corrected chi connectivity index (χ3v) is 7.52. The minimum absolute atomic E-state index is 0.0181. The highest BCUT2D eigenvalue weighted by atomic mass is 35.5. The molecule has 0 aliphatic heterocycles. The number of carbonyl (C=O) groups is 1. The van der Waals surface area contributed by atoms with Crippen LogP contribution in [-0.2, 0) is 10.0 Å². The first-order valence-corrected chi connectivity index (χ1v) is 12.1. The van der Waals surface area contributed by atoms with Gasteiger partial charge in [0, 0.05) is 21.8 Å². The number of amides is 1. The second-order valence-electron chi connectivity index (χ2n) is 6.61. The molecule has 0 saturated heterocycles. The molecular formula is C21H17ClN4O5S2. The Morgan fingerprint density at radius 3 is 2.42 bits per heavy atom. The summed E-state index contributed by atoms with van der Waals surface area (Å²) in [5.74, 6) is -0.261. The summed E-state index contributed by atoms with van der Waals surface area (Å²) in [6.07, 6.45) is 0. The van der Waals surface area contributed by atoms with Crippen molar-refractivity contribution in [2.45, 2.75) is 4.90 Å². The van der Waals surface area contributed by atoms with Crippen molar-refractivity contribution in [1.29, 1.82) is 0 Å². The molecule has 1 amide bonds. The molecule has 0 unspecified atom stereocenters. The number of rotatable bonds is 7. The van der Waals surface area contributed by atoms with E-state index in [1.807, 2.05) is 24.3 Å². The van der Waals surface area contributed by atoms with Gasteiger partial charge in [0.25, 0.3) is 15.9 Å². The zero-order valence-corrected chi connectivity index (χ0v) is 19.7. The molecule has 2 heterocycles. The van der Waals surface area contributed by atoms with Gasteiger partial charge in [-0.3, -0.25) is 9.52 Å². The summed E-state index contributed by atoms with van der Waals surface area (Å²) >= 11 is 7.64. The highest BCUT2D eigenvalue weighted by Gasteiger charge is 2.19. The maximum Gasteiger partial charge on any atom is 0.321 e. The fourth-order valence-electron chi connectivity index (χ4n) is 2.91.